The Balaban J connectivity index is 2.19. The van der Waals surface area contributed by atoms with Gasteiger partial charge in [0.2, 0.25) is 0 Å². The Morgan fingerprint density at radius 2 is 2.44 bits per heavy atom. The Bertz CT molecular complexity index is 409. The lowest BCUT2D eigenvalue weighted by molar-refractivity contribution is -0.137. The van der Waals surface area contributed by atoms with Gasteiger partial charge in [0.1, 0.15) is 0 Å². The molecule has 1 aliphatic rings. The molecular weight excluding hydrogens is 224 g/mol. The van der Waals surface area contributed by atoms with Crippen molar-refractivity contribution in [2.75, 3.05) is 17.6 Å². The maximum absolute atomic E-state index is 10.6. The monoisotopic (exact) mass is 238 g/mol. The molecule has 4 N–H and O–H groups in total. The average molecular weight is 238 g/mol. The molecule has 0 amide bonds. The number of rotatable bonds is 3. The van der Waals surface area contributed by atoms with Gasteiger partial charge in [-0.05, 0) is 17.7 Å². The summed E-state index contributed by atoms with van der Waals surface area (Å²) in [6.07, 6.45) is -0.0358. The fraction of sp³-hybridized carbons (Fsp3) is 0.364. The number of thioether (sulfide) groups is 1. The van der Waals surface area contributed by atoms with Gasteiger partial charge < -0.3 is 16.2 Å². The molecule has 86 valence electrons. The van der Waals surface area contributed by atoms with E-state index in [4.69, 9.17) is 10.8 Å². The van der Waals surface area contributed by atoms with Gasteiger partial charge >= 0.3 is 5.97 Å². The summed E-state index contributed by atoms with van der Waals surface area (Å²) in [6, 6.07) is 5.43. The molecule has 0 aromatic heterocycles. The molecular formula is C11H14N2O2S. The fourth-order valence-corrected chi connectivity index (χ4v) is 2.57. The molecule has 0 saturated carbocycles. The molecule has 0 bridgehead atoms. The van der Waals surface area contributed by atoms with Crippen LogP contribution in [0, 0.1) is 0 Å². The molecule has 0 radical (unpaired) electrons. The zero-order chi connectivity index (χ0) is 11.5. The summed E-state index contributed by atoms with van der Waals surface area (Å²) >= 11 is 1.80. The van der Waals surface area contributed by atoms with Gasteiger partial charge in [0.25, 0.3) is 0 Å². The number of anilines is 1. The number of benzene rings is 1. The number of hydrogen-bond acceptors (Lipinski definition) is 4. The molecule has 0 spiro atoms. The molecule has 2 rings (SSSR count). The van der Waals surface area contributed by atoms with Gasteiger partial charge in [-0.15, -0.1) is 11.8 Å². The highest BCUT2D eigenvalue weighted by Crippen LogP contribution is 2.32. The first-order chi connectivity index (χ1) is 7.66. The summed E-state index contributed by atoms with van der Waals surface area (Å²) in [5.74, 6) is 0.195. The van der Waals surface area contributed by atoms with Crippen LogP contribution in [0.3, 0.4) is 0 Å². The summed E-state index contributed by atoms with van der Waals surface area (Å²) in [4.78, 5) is 11.8. The van der Waals surface area contributed by atoms with Crippen LogP contribution in [0.5, 0.6) is 0 Å². The first-order valence-corrected chi connectivity index (χ1v) is 6.13. The fourth-order valence-electron chi connectivity index (χ4n) is 1.69. The van der Waals surface area contributed by atoms with E-state index in [1.165, 1.54) is 4.90 Å². The van der Waals surface area contributed by atoms with E-state index in [1.54, 1.807) is 11.8 Å². The SMILES string of the molecule is NC(CC(=O)O)c1ccc2c(c1)NCCS2. The van der Waals surface area contributed by atoms with Crippen LogP contribution in [0.2, 0.25) is 0 Å². The molecule has 1 unspecified atom stereocenters. The maximum atomic E-state index is 10.6. The number of aliphatic carboxylic acids is 1. The van der Waals surface area contributed by atoms with Gasteiger partial charge in [0.05, 0.1) is 6.42 Å². The lowest BCUT2D eigenvalue weighted by Gasteiger charge is -2.19. The smallest absolute Gasteiger partial charge is 0.305 e. The van der Waals surface area contributed by atoms with Crippen LogP contribution in [0.25, 0.3) is 0 Å². The normalized spacial score (nSPS) is 16.1. The van der Waals surface area contributed by atoms with Gasteiger partial charge in [-0.1, -0.05) is 6.07 Å². The summed E-state index contributed by atoms with van der Waals surface area (Å²) in [5, 5.41) is 12.0. The molecule has 4 nitrogen and oxygen atoms in total. The standard InChI is InChI=1S/C11H14N2O2S/c12-8(6-11(14)15)7-1-2-10-9(5-7)13-3-4-16-10/h1-2,5,8,13H,3-4,6,12H2,(H,14,15). The third-order valence-corrected chi connectivity index (χ3v) is 3.58. The Morgan fingerprint density at radius 1 is 1.62 bits per heavy atom. The highest BCUT2D eigenvalue weighted by molar-refractivity contribution is 7.99. The number of nitrogens with one attached hydrogen (secondary N) is 1. The second kappa shape index (κ2) is 4.76. The van der Waals surface area contributed by atoms with Gasteiger partial charge in [-0.25, -0.2) is 0 Å². The quantitative estimate of drug-likeness (QED) is 0.747. The molecule has 1 aromatic rings. The minimum absolute atomic E-state index is 0.0358. The number of hydrogen-bond donors (Lipinski definition) is 3. The van der Waals surface area contributed by atoms with E-state index in [0.29, 0.717) is 0 Å². The summed E-state index contributed by atoms with van der Waals surface area (Å²) < 4.78 is 0. The number of carboxylic acid groups (broad SMARTS) is 1. The van der Waals surface area contributed by atoms with Crippen molar-refractivity contribution in [1.82, 2.24) is 0 Å². The van der Waals surface area contributed by atoms with Crippen LogP contribution < -0.4 is 11.1 Å². The minimum Gasteiger partial charge on any atom is -0.481 e. The Morgan fingerprint density at radius 3 is 3.19 bits per heavy atom. The highest BCUT2D eigenvalue weighted by atomic mass is 32.2. The first-order valence-electron chi connectivity index (χ1n) is 5.15. The van der Waals surface area contributed by atoms with Crippen molar-refractivity contribution in [3.63, 3.8) is 0 Å². The van der Waals surface area contributed by atoms with Crippen LogP contribution in [0.1, 0.15) is 18.0 Å². The molecule has 0 saturated heterocycles. The Labute approximate surface area is 98.2 Å². The number of nitrogens with two attached hydrogens (primary N) is 1. The van der Waals surface area contributed by atoms with Crippen molar-refractivity contribution in [1.29, 1.82) is 0 Å². The van der Waals surface area contributed by atoms with Crippen LogP contribution in [-0.4, -0.2) is 23.4 Å². The van der Waals surface area contributed by atoms with Crippen LogP contribution in [-0.2, 0) is 4.79 Å². The summed E-state index contributed by atoms with van der Waals surface area (Å²) in [7, 11) is 0. The first kappa shape index (κ1) is 11.3. The number of carbonyl (C=O) groups is 1. The molecule has 1 aromatic carbocycles. The van der Waals surface area contributed by atoms with Gasteiger partial charge in [-0.2, -0.15) is 0 Å². The van der Waals surface area contributed by atoms with Crippen molar-refractivity contribution in [2.45, 2.75) is 17.4 Å². The number of fused-ring (bicyclic) bond motifs is 1. The second-order valence-electron chi connectivity index (χ2n) is 3.74. The average Bonchev–Trinajstić information content (AvgIpc) is 2.27. The largest absolute Gasteiger partial charge is 0.481 e. The Hall–Kier alpha value is -1.20. The molecule has 1 heterocycles. The van der Waals surface area contributed by atoms with E-state index in [0.717, 1.165) is 23.5 Å². The zero-order valence-corrected chi connectivity index (χ0v) is 9.59. The molecule has 16 heavy (non-hydrogen) atoms. The van der Waals surface area contributed by atoms with Crippen molar-refractivity contribution >= 4 is 23.4 Å². The Kier molecular flexibility index (Phi) is 3.36. The molecule has 0 aliphatic carbocycles. The van der Waals surface area contributed by atoms with Crippen LogP contribution in [0.4, 0.5) is 5.69 Å². The van der Waals surface area contributed by atoms with E-state index >= 15 is 0 Å². The van der Waals surface area contributed by atoms with E-state index in [1.807, 2.05) is 18.2 Å². The predicted octanol–water partition coefficient (Wildman–Crippen LogP) is 1.68. The van der Waals surface area contributed by atoms with Crippen molar-refractivity contribution < 1.29 is 9.90 Å². The van der Waals surface area contributed by atoms with Crippen molar-refractivity contribution in [2.24, 2.45) is 5.73 Å². The molecule has 1 atom stereocenters. The minimum atomic E-state index is -0.868. The summed E-state index contributed by atoms with van der Waals surface area (Å²) in [5.41, 5.74) is 7.75. The van der Waals surface area contributed by atoms with E-state index in [9.17, 15) is 4.79 Å². The predicted molar refractivity (Wildman–Crippen MR) is 64.8 cm³/mol. The third-order valence-electron chi connectivity index (χ3n) is 2.50. The topological polar surface area (TPSA) is 75.4 Å². The maximum Gasteiger partial charge on any atom is 0.305 e. The van der Waals surface area contributed by atoms with E-state index < -0.39 is 12.0 Å². The van der Waals surface area contributed by atoms with Crippen molar-refractivity contribution in [3.8, 4) is 0 Å². The lowest BCUT2D eigenvalue weighted by atomic mass is 10.0. The van der Waals surface area contributed by atoms with Crippen molar-refractivity contribution in [3.05, 3.63) is 23.8 Å². The van der Waals surface area contributed by atoms with E-state index in [2.05, 4.69) is 5.32 Å². The number of carboxylic acids is 1. The van der Waals surface area contributed by atoms with Gasteiger partial charge in [0, 0.05) is 28.9 Å². The van der Waals surface area contributed by atoms with Crippen LogP contribution >= 0.6 is 11.8 Å². The molecule has 5 heteroatoms. The second-order valence-corrected chi connectivity index (χ2v) is 4.87. The molecule has 1 aliphatic heterocycles. The zero-order valence-electron chi connectivity index (χ0n) is 8.77. The summed E-state index contributed by atoms with van der Waals surface area (Å²) in [6.45, 7) is 0.940. The third kappa shape index (κ3) is 2.48. The van der Waals surface area contributed by atoms with Gasteiger partial charge in [0.15, 0.2) is 0 Å². The van der Waals surface area contributed by atoms with Gasteiger partial charge in [-0.3, -0.25) is 4.79 Å². The van der Waals surface area contributed by atoms with Crippen LogP contribution in [0.15, 0.2) is 23.1 Å². The lowest BCUT2D eigenvalue weighted by Crippen LogP contribution is -2.16. The highest BCUT2D eigenvalue weighted by Gasteiger charge is 2.14. The molecule has 0 fully saturated rings. The van der Waals surface area contributed by atoms with E-state index in [-0.39, 0.29) is 6.42 Å².